The molecule has 6 heteroatoms. The summed E-state index contributed by atoms with van der Waals surface area (Å²) in [7, 11) is 0. The number of benzene rings is 2. The predicted molar refractivity (Wildman–Crippen MR) is 117 cm³/mol. The molecule has 0 spiro atoms. The SMILES string of the molecule is CCOC(=O)c1ccccc1Nc1cc(NC(C)CC)nc(-c2ccccc2)n1. The molecule has 0 amide bonds. The normalized spacial score (nSPS) is 11.6. The van der Waals surface area contributed by atoms with Crippen LogP contribution in [0.15, 0.2) is 60.7 Å². The van der Waals surface area contributed by atoms with Crippen molar-refractivity contribution in [3.8, 4) is 11.4 Å². The van der Waals surface area contributed by atoms with E-state index in [1.807, 2.05) is 54.6 Å². The molecule has 3 rings (SSSR count). The number of carbonyl (C=O) groups excluding carboxylic acids is 1. The molecule has 2 aromatic carbocycles. The highest BCUT2D eigenvalue weighted by Gasteiger charge is 2.14. The van der Waals surface area contributed by atoms with Crippen molar-refractivity contribution in [2.75, 3.05) is 17.2 Å². The molecular weight excluding hydrogens is 364 g/mol. The van der Waals surface area contributed by atoms with E-state index < -0.39 is 0 Å². The van der Waals surface area contributed by atoms with Gasteiger partial charge in [0.05, 0.1) is 17.9 Å². The van der Waals surface area contributed by atoms with Gasteiger partial charge >= 0.3 is 5.97 Å². The molecule has 1 atom stereocenters. The first kappa shape index (κ1) is 20.3. The first-order valence-corrected chi connectivity index (χ1v) is 9.85. The Kier molecular flexibility index (Phi) is 6.79. The smallest absolute Gasteiger partial charge is 0.340 e. The van der Waals surface area contributed by atoms with E-state index in [1.165, 1.54) is 0 Å². The Bertz CT molecular complexity index is 960. The highest BCUT2D eigenvalue weighted by molar-refractivity contribution is 5.96. The minimum absolute atomic E-state index is 0.271. The number of ether oxygens (including phenoxy) is 1. The quantitative estimate of drug-likeness (QED) is 0.510. The van der Waals surface area contributed by atoms with Crippen molar-refractivity contribution in [1.82, 2.24) is 9.97 Å². The third kappa shape index (κ3) is 5.31. The Morgan fingerprint density at radius 3 is 2.41 bits per heavy atom. The second kappa shape index (κ2) is 9.68. The van der Waals surface area contributed by atoms with Crippen molar-refractivity contribution in [3.63, 3.8) is 0 Å². The number of carbonyl (C=O) groups is 1. The number of esters is 1. The van der Waals surface area contributed by atoms with Crippen LogP contribution in [-0.4, -0.2) is 28.6 Å². The maximum Gasteiger partial charge on any atom is 0.340 e. The Labute approximate surface area is 171 Å². The van der Waals surface area contributed by atoms with Crippen LogP contribution in [-0.2, 0) is 4.74 Å². The Hall–Kier alpha value is -3.41. The third-order valence-electron chi connectivity index (χ3n) is 4.45. The molecule has 0 saturated heterocycles. The van der Waals surface area contributed by atoms with Crippen molar-refractivity contribution in [3.05, 3.63) is 66.2 Å². The molecule has 0 fully saturated rings. The van der Waals surface area contributed by atoms with E-state index in [0.29, 0.717) is 29.5 Å². The molecule has 6 nitrogen and oxygen atoms in total. The average Bonchev–Trinajstić information content (AvgIpc) is 2.74. The molecule has 2 N–H and O–H groups in total. The summed E-state index contributed by atoms with van der Waals surface area (Å²) in [6.07, 6.45) is 0.971. The van der Waals surface area contributed by atoms with Gasteiger partial charge in [-0.1, -0.05) is 49.4 Å². The molecule has 0 aliphatic rings. The zero-order valence-electron chi connectivity index (χ0n) is 17.0. The topological polar surface area (TPSA) is 76.1 Å². The van der Waals surface area contributed by atoms with Gasteiger partial charge in [0.2, 0.25) is 0 Å². The van der Waals surface area contributed by atoms with Crippen LogP contribution in [0.1, 0.15) is 37.6 Å². The molecule has 1 heterocycles. The first-order valence-electron chi connectivity index (χ1n) is 9.85. The molecule has 0 aliphatic carbocycles. The number of hydrogen-bond donors (Lipinski definition) is 2. The van der Waals surface area contributed by atoms with Gasteiger partial charge in [0, 0.05) is 17.7 Å². The highest BCUT2D eigenvalue weighted by atomic mass is 16.5. The third-order valence-corrected chi connectivity index (χ3v) is 4.45. The van der Waals surface area contributed by atoms with Crippen LogP contribution < -0.4 is 10.6 Å². The van der Waals surface area contributed by atoms with Crippen LogP contribution in [0.5, 0.6) is 0 Å². The van der Waals surface area contributed by atoms with E-state index >= 15 is 0 Å². The molecule has 1 aromatic heterocycles. The summed E-state index contributed by atoms with van der Waals surface area (Å²) < 4.78 is 5.17. The van der Waals surface area contributed by atoms with Gasteiger partial charge in [0.1, 0.15) is 11.6 Å². The van der Waals surface area contributed by atoms with Crippen LogP contribution >= 0.6 is 0 Å². The van der Waals surface area contributed by atoms with E-state index in [1.54, 1.807) is 13.0 Å². The van der Waals surface area contributed by atoms with Crippen molar-refractivity contribution in [1.29, 1.82) is 0 Å². The number of nitrogens with zero attached hydrogens (tertiary/aromatic N) is 2. The Balaban J connectivity index is 1.99. The van der Waals surface area contributed by atoms with Gasteiger partial charge in [-0.05, 0) is 32.4 Å². The van der Waals surface area contributed by atoms with Gasteiger partial charge in [-0.25, -0.2) is 14.8 Å². The van der Waals surface area contributed by atoms with Gasteiger partial charge in [-0.15, -0.1) is 0 Å². The molecule has 0 radical (unpaired) electrons. The molecule has 1 unspecified atom stereocenters. The van der Waals surface area contributed by atoms with Crippen LogP contribution in [0, 0.1) is 0 Å². The van der Waals surface area contributed by atoms with Crippen molar-refractivity contribution < 1.29 is 9.53 Å². The molecule has 0 aliphatic heterocycles. The molecular formula is C23H26N4O2. The molecule has 29 heavy (non-hydrogen) atoms. The lowest BCUT2D eigenvalue weighted by atomic mass is 10.1. The first-order chi connectivity index (χ1) is 14.1. The lowest BCUT2D eigenvalue weighted by Gasteiger charge is -2.16. The second-order valence-electron chi connectivity index (χ2n) is 6.67. The highest BCUT2D eigenvalue weighted by Crippen LogP contribution is 2.25. The van der Waals surface area contributed by atoms with E-state index in [9.17, 15) is 4.79 Å². The van der Waals surface area contributed by atoms with E-state index in [4.69, 9.17) is 4.74 Å². The summed E-state index contributed by atoms with van der Waals surface area (Å²) in [6.45, 7) is 6.33. The minimum Gasteiger partial charge on any atom is -0.462 e. The van der Waals surface area contributed by atoms with Crippen LogP contribution in [0.4, 0.5) is 17.3 Å². The summed E-state index contributed by atoms with van der Waals surface area (Å²) in [4.78, 5) is 21.6. The monoisotopic (exact) mass is 390 g/mol. The maximum absolute atomic E-state index is 12.3. The predicted octanol–water partition coefficient (Wildman–Crippen LogP) is 5.27. The van der Waals surface area contributed by atoms with Gasteiger partial charge in [-0.3, -0.25) is 0 Å². The Morgan fingerprint density at radius 1 is 1.00 bits per heavy atom. The molecule has 3 aromatic rings. The number of hydrogen-bond acceptors (Lipinski definition) is 6. The molecule has 150 valence electrons. The fraction of sp³-hybridized carbons (Fsp3) is 0.261. The van der Waals surface area contributed by atoms with Crippen molar-refractivity contribution >= 4 is 23.3 Å². The zero-order chi connectivity index (χ0) is 20.6. The lowest BCUT2D eigenvalue weighted by Crippen LogP contribution is -2.15. The van der Waals surface area contributed by atoms with Crippen LogP contribution in [0.2, 0.25) is 0 Å². The summed E-state index contributed by atoms with van der Waals surface area (Å²) >= 11 is 0. The van der Waals surface area contributed by atoms with E-state index in [2.05, 4.69) is 34.4 Å². The van der Waals surface area contributed by atoms with Crippen molar-refractivity contribution in [2.45, 2.75) is 33.2 Å². The largest absolute Gasteiger partial charge is 0.462 e. The summed E-state index contributed by atoms with van der Waals surface area (Å²) in [6, 6.07) is 19.2. The second-order valence-corrected chi connectivity index (χ2v) is 6.67. The fourth-order valence-corrected chi connectivity index (χ4v) is 2.77. The van der Waals surface area contributed by atoms with Gasteiger partial charge in [0.15, 0.2) is 5.82 Å². The fourth-order valence-electron chi connectivity index (χ4n) is 2.77. The standard InChI is InChI=1S/C23H26N4O2/c1-4-16(3)24-20-15-21(27-22(26-20)17-11-7-6-8-12-17)25-19-14-10-9-13-18(19)23(28)29-5-2/h6-16H,4-5H2,1-3H3,(H2,24,25,26,27). The number of rotatable bonds is 8. The minimum atomic E-state index is -0.370. The van der Waals surface area contributed by atoms with Gasteiger partial charge < -0.3 is 15.4 Å². The zero-order valence-corrected chi connectivity index (χ0v) is 17.0. The molecule has 0 bridgehead atoms. The van der Waals surface area contributed by atoms with Crippen molar-refractivity contribution in [2.24, 2.45) is 0 Å². The number of nitrogens with one attached hydrogen (secondary N) is 2. The Morgan fingerprint density at radius 2 is 1.69 bits per heavy atom. The van der Waals surface area contributed by atoms with Gasteiger partial charge in [-0.2, -0.15) is 0 Å². The number of anilines is 3. The number of para-hydroxylation sites is 1. The summed E-state index contributed by atoms with van der Waals surface area (Å²) in [5.74, 6) is 1.56. The maximum atomic E-state index is 12.3. The van der Waals surface area contributed by atoms with Crippen LogP contribution in [0.25, 0.3) is 11.4 Å². The summed E-state index contributed by atoms with van der Waals surface area (Å²) in [5, 5.41) is 6.66. The van der Waals surface area contributed by atoms with E-state index in [0.717, 1.165) is 17.8 Å². The molecule has 0 saturated carbocycles. The average molecular weight is 390 g/mol. The summed E-state index contributed by atoms with van der Waals surface area (Å²) in [5.41, 5.74) is 2.02. The lowest BCUT2D eigenvalue weighted by molar-refractivity contribution is 0.0527. The van der Waals surface area contributed by atoms with Gasteiger partial charge in [0.25, 0.3) is 0 Å². The van der Waals surface area contributed by atoms with Crippen LogP contribution in [0.3, 0.4) is 0 Å². The van der Waals surface area contributed by atoms with E-state index in [-0.39, 0.29) is 12.0 Å². The number of aromatic nitrogens is 2.